The molecule has 0 aliphatic heterocycles. The first-order valence-corrected chi connectivity index (χ1v) is 6.31. The molecule has 1 atom stereocenters. The number of anilines is 2. The minimum Gasteiger partial charge on any atom is -0.366 e. The zero-order chi connectivity index (χ0) is 12.8. The first-order chi connectivity index (χ1) is 8.60. The molecular formula is C12H18N6. The Hall–Kier alpha value is -1.85. The van der Waals surface area contributed by atoms with E-state index in [-0.39, 0.29) is 0 Å². The van der Waals surface area contributed by atoms with Crippen LogP contribution in [-0.2, 0) is 0 Å². The van der Waals surface area contributed by atoms with E-state index in [2.05, 4.69) is 44.6 Å². The Bertz CT molecular complexity index is 573. The summed E-state index contributed by atoms with van der Waals surface area (Å²) in [7, 11) is 0. The van der Waals surface area contributed by atoms with Gasteiger partial charge in [0.25, 0.3) is 0 Å². The molecule has 6 heteroatoms. The smallest absolute Gasteiger partial charge is 0.226 e. The summed E-state index contributed by atoms with van der Waals surface area (Å²) in [5.74, 6) is 1.50. The summed E-state index contributed by atoms with van der Waals surface area (Å²) < 4.78 is 0. The average molecular weight is 246 g/mol. The van der Waals surface area contributed by atoms with Gasteiger partial charge in [0.15, 0.2) is 5.65 Å². The van der Waals surface area contributed by atoms with Crippen molar-refractivity contribution < 1.29 is 0 Å². The molecule has 0 bridgehead atoms. The molecule has 1 fully saturated rings. The van der Waals surface area contributed by atoms with Gasteiger partial charge < -0.3 is 10.6 Å². The maximum atomic E-state index is 4.52. The highest BCUT2D eigenvalue weighted by molar-refractivity contribution is 5.87. The lowest BCUT2D eigenvalue weighted by atomic mass is 10.2. The van der Waals surface area contributed by atoms with Crippen LogP contribution in [0.2, 0.25) is 0 Å². The molecule has 18 heavy (non-hydrogen) atoms. The Morgan fingerprint density at radius 2 is 2.22 bits per heavy atom. The van der Waals surface area contributed by atoms with E-state index in [1.807, 2.05) is 6.92 Å². The molecule has 96 valence electrons. The van der Waals surface area contributed by atoms with E-state index in [1.54, 1.807) is 6.20 Å². The number of rotatable bonds is 4. The largest absolute Gasteiger partial charge is 0.366 e. The highest BCUT2D eigenvalue weighted by Crippen LogP contribution is 2.46. The van der Waals surface area contributed by atoms with E-state index >= 15 is 0 Å². The second-order valence-corrected chi connectivity index (χ2v) is 5.45. The lowest BCUT2D eigenvalue weighted by molar-refractivity contribution is 0.630. The number of nitrogens with one attached hydrogen (secondary N) is 3. The lowest BCUT2D eigenvalue weighted by Gasteiger charge is -2.10. The van der Waals surface area contributed by atoms with Crippen molar-refractivity contribution in [1.29, 1.82) is 0 Å². The molecule has 0 saturated heterocycles. The number of fused-ring (bicyclic) bond motifs is 1. The quantitative estimate of drug-likeness (QED) is 0.769. The molecule has 1 aliphatic carbocycles. The van der Waals surface area contributed by atoms with Crippen LogP contribution in [0.15, 0.2) is 6.20 Å². The average Bonchev–Trinajstić information content (AvgIpc) is 2.75. The molecule has 2 heterocycles. The first-order valence-electron chi connectivity index (χ1n) is 6.31. The Morgan fingerprint density at radius 1 is 1.44 bits per heavy atom. The van der Waals surface area contributed by atoms with Crippen molar-refractivity contribution in [2.45, 2.75) is 33.2 Å². The van der Waals surface area contributed by atoms with E-state index in [9.17, 15) is 0 Å². The Morgan fingerprint density at radius 3 is 2.89 bits per heavy atom. The summed E-state index contributed by atoms with van der Waals surface area (Å²) in [6, 6.07) is 0.486. The minimum atomic E-state index is 0.360. The Kier molecular flexibility index (Phi) is 2.39. The van der Waals surface area contributed by atoms with Crippen molar-refractivity contribution in [3.63, 3.8) is 0 Å². The molecule has 0 aromatic carbocycles. The van der Waals surface area contributed by atoms with Gasteiger partial charge in [-0.3, -0.25) is 5.10 Å². The maximum absolute atomic E-state index is 4.52. The maximum Gasteiger partial charge on any atom is 0.226 e. The number of aromatic amines is 1. The summed E-state index contributed by atoms with van der Waals surface area (Å²) in [6.45, 7) is 7.33. The molecule has 1 saturated carbocycles. The molecule has 6 nitrogen and oxygen atoms in total. The molecule has 2 aromatic rings. The van der Waals surface area contributed by atoms with Gasteiger partial charge in [-0.2, -0.15) is 15.1 Å². The van der Waals surface area contributed by atoms with Crippen molar-refractivity contribution in [2.75, 3.05) is 17.2 Å². The van der Waals surface area contributed by atoms with Crippen LogP contribution < -0.4 is 10.6 Å². The van der Waals surface area contributed by atoms with E-state index < -0.39 is 0 Å². The molecule has 0 radical (unpaired) electrons. The SMILES string of the molecule is CCNc1nc(NC2CC2(C)C)c2cn[nH]c2n1. The fourth-order valence-corrected chi connectivity index (χ4v) is 2.06. The summed E-state index contributed by atoms with van der Waals surface area (Å²) >= 11 is 0. The minimum absolute atomic E-state index is 0.360. The number of nitrogens with zero attached hydrogens (tertiary/aromatic N) is 3. The van der Waals surface area contributed by atoms with Crippen LogP contribution >= 0.6 is 0 Å². The van der Waals surface area contributed by atoms with Crippen molar-refractivity contribution >= 4 is 22.8 Å². The van der Waals surface area contributed by atoms with Gasteiger partial charge in [-0.1, -0.05) is 13.8 Å². The van der Waals surface area contributed by atoms with Gasteiger partial charge in [-0.25, -0.2) is 0 Å². The second kappa shape index (κ2) is 3.83. The highest BCUT2D eigenvalue weighted by atomic mass is 15.2. The normalized spacial score (nSPS) is 20.9. The molecule has 3 N–H and O–H groups in total. The number of hydrogen-bond donors (Lipinski definition) is 3. The summed E-state index contributed by atoms with van der Waals surface area (Å²) in [6.07, 6.45) is 2.94. The third-order valence-electron chi connectivity index (χ3n) is 3.47. The van der Waals surface area contributed by atoms with Crippen LogP contribution in [-0.4, -0.2) is 32.8 Å². The molecule has 1 aliphatic rings. The second-order valence-electron chi connectivity index (χ2n) is 5.45. The molecular weight excluding hydrogens is 228 g/mol. The van der Waals surface area contributed by atoms with Crippen LogP contribution in [0.4, 0.5) is 11.8 Å². The van der Waals surface area contributed by atoms with Crippen LogP contribution in [0, 0.1) is 5.41 Å². The molecule has 0 amide bonds. The van der Waals surface area contributed by atoms with Crippen LogP contribution in [0.5, 0.6) is 0 Å². The van der Waals surface area contributed by atoms with Gasteiger partial charge >= 0.3 is 0 Å². The predicted molar refractivity (Wildman–Crippen MR) is 71.7 cm³/mol. The molecule has 3 rings (SSSR count). The Balaban J connectivity index is 1.95. The van der Waals surface area contributed by atoms with E-state index in [0.29, 0.717) is 17.4 Å². The predicted octanol–water partition coefficient (Wildman–Crippen LogP) is 2.00. The summed E-state index contributed by atoms with van der Waals surface area (Å²) in [5, 5.41) is 14.5. The van der Waals surface area contributed by atoms with Crippen molar-refractivity contribution in [3.8, 4) is 0 Å². The van der Waals surface area contributed by atoms with Crippen molar-refractivity contribution in [1.82, 2.24) is 20.2 Å². The van der Waals surface area contributed by atoms with Crippen molar-refractivity contribution in [3.05, 3.63) is 6.20 Å². The monoisotopic (exact) mass is 246 g/mol. The third-order valence-corrected chi connectivity index (χ3v) is 3.47. The molecule has 0 spiro atoms. The van der Waals surface area contributed by atoms with Gasteiger partial charge in [-0.05, 0) is 18.8 Å². The van der Waals surface area contributed by atoms with Crippen LogP contribution in [0.1, 0.15) is 27.2 Å². The van der Waals surface area contributed by atoms with Gasteiger partial charge in [-0.15, -0.1) is 0 Å². The lowest BCUT2D eigenvalue weighted by Crippen LogP contribution is -2.12. The standard InChI is InChI=1S/C12H18N6/c1-4-13-11-16-9(15-8-5-12(8,2)3)7-6-14-18-10(7)17-11/h6,8H,4-5H2,1-3H3,(H3,13,14,15,16,17,18). The molecule has 2 aromatic heterocycles. The zero-order valence-corrected chi connectivity index (χ0v) is 10.9. The summed E-state index contributed by atoms with van der Waals surface area (Å²) in [4.78, 5) is 8.88. The fourth-order valence-electron chi connectivity index (χ4n) is 2.06. The van der Waals surface area contributed by atoms with Crippen LogP contribution in [0.25, 0.3) is 11.0 Å². The molecule has 1 unspecified atom stereocenters. The summed E-state index contributed by atoms with van der Waals surface area (Å²) in [5.41, 5.74) is 1.13. The van der Waals surface area contributed by atoms with Gasteiger partial charge in [0, 0.05) is 12.6 Å². The Labute approximate surface area is 106 Å². The third kappa shape index (κ3) is 1.87. The van der Waals surface area contributed by atoms with Gasteiger partial charge in [0.1, 0.15) is 5.82 Å². The number of hydrogen-bond acceptors (Lipinski definition) is 5. The number of H-pyrrole nitrogens is 1. The van der Waals surface area contributed by atoms with Gasteiger partial charge in [0.05, 0.1) is 11.6 Å². The van der Waals surface area contributed by atoms with E-state index in [4.69, 9.17) is 0 Å². The highest BCUT2D eigenvalue weighted by Gasteiger charge is 2.46. The fraction of sp³-hybridized carbons (Fsp3) is 0.583. The zero-order valence-electron chi connectivity index (χ0n) is 10.9. The van der Waals surface area contributed by atoms with Crippen molar-refractivity contribution in [2.24, 2.45) is 5.41 Å². The van der Waals surface area contributed by atoms with E-state index in [1.165, 1.54) is 6.42 Å². The van der Waals surface area contributed by atoms with Gasteiger partial charge in [0.2, 0.25) is 5.95 Å². The first kappa shape index (κ1) is 11.3. The van der Waals surface area contributed by atoms with E-state index in [0.717, 1.165) is 23.4 Å². The van der Waals surface area contributed by atoms with Crippen LogP contribution in [0.3, 0.4) is 0 Å². The number of aromatic nitrogens is 4. The topological polar surface area (TPSA) is 78.5 Å².